The molecule has 0 fully saturated rings. The summed E-state index contributed by atoms with van der Waals surface area (Å²) >= 11 is 6.16. The molecule has 2 aromatic carbocycles. The Kier molecular flexibility index (Phi) is 6.34. The topological polar surface area (TPSA) is 81.4 Å². The van der Waals surface area contributed by atoms with Gasteiger partial charge in [-0.15, -0.1) is 0 Å². The summed E-state index contributed by atoms with van der Waals surface area (Å²) in [4.78, 5) is 23.7. The van der Waals surface area contributed by atoms with Crippen LogP contribution >= 0.6 is 11.6 Å². The fourth-order valence-corrected chi connectivity index (χ4v) is 3.23. The molecular weight excluding hydrogens is 392 g/mol. The molecule has 0 bridgehead atoms. The molecule has 0 spiro atoms. The van der Waals surface area contributed by atoms with Crippen LogP contribution in [0.2, 0.25) is 5.02 Å². The highest BCUT2D eigenvalue weighted by Gasteiger charge is 2.20. The summed E-state index contributed by atoms with van der Waals surface area (Å²) in [7, 11) is 0. The quantitative estimate of drug-likeness (QED) is 0.557. The number of rotatable bonds is 6. The van der Waals surface area contributed by atoms with E-state index in [1.807, 2.05) is 36.4 Å². The molecule has 3 rings (SSSR count). The van der Waals surface area contributed by atoms with Crippen LogP contribution in [0.1, 0.15) is 36.8 Å². The Morgan fingerprint density at radius 2 is 1.86 bits per heavy atom. The first-order valence-corrected chi connectivity index (χ1v) is 9.50. The summed E-state index contributed by atoms with van der Waals surface area (Å²) in [5, 5.41) is 7.19. The Labute approximate surface area is 173 Å². The van der Waals surface area contributed by atoms with E-state index in [0.717, 1.165) is 11.1 Å². The minimum absolute atomic E-state index is 0.0889. The number of anilines is 1. The summed E-state index contributed by atoms with van der Waals surface area (Å²) < 4.78 is 10.9. The third-order valence-corrected chi connectivity index (χ3v) is 4.73. The molecule has 1 aromatic heterocycles. The standard InChI is InChI=1S/C22H21ClN2O4/c1-13(26)12-16-8-10-17(11-9-16)21-20(14(2)25-29-21)24-22(27)28-15(3)18-6-4-5-7-19(18)23/h4-11,15H,12H2,1-3H3,(H,24,27). The molecule has 6 nitrogen and oxygen atoms in total. The lowest BCUT2D eigenvalue weighted by molar-refractivity contribution is -0.116. The summed E-state index contributed by atoms with van der Waals surface area (Å²) in [6, 6.07) is 14.5. The molecule has 3 aromatic rings. The number of ketones is 1. The maximum Gasteiger partial charge on any atom is 0.412 e. The van der Waals surface area contributed by atoms with E-state index in [0.29, 0.717) is 34.1 Å². The smallest absolute Gasteiger partial charge is 0.412 e. The highest BCUT2D eigenvalue weighted by molar-refractivity contribution is 6.31. The van der Waals surface area contributed by atoms with Gasteiger partial charge in [0, 0.05) is 22.6 Å². The molecule has 1 heterocycles. The maximum absolute atomic E-state index is 12.4. The van der Waals surface area contributed by atoms with E-state index >= 15 is 0 Å². The molecule has 1 atom stereocenters. The zero-order valence-electron chi connectivity index (χ0n) is 16.4. The van der Waals surface area contributed by atoms with Crippen molar-refractivity contribution in [3.05, 3.63) is 70.4 Å². The van der Waals surface area contributed by atoms with Crippen LogP contribution in [0.3, 0.4) is 0 Å². The SMILES string of the molecule is CC(=O)Cc1ccc(-c2onc(C)c2NC(=O)OC(C)c2ccccc2Cl)cc1. The lowest BCUT2D eigenvalue weighted by Gasteiger charge is -2.15. The van der Waals surface area contributed by atoms with Gasteiger partial charge in [0.25, 0.3) is 0 Å². The van der Waals surface area contributed by atoms with Crippen LogP contribution in [0.25, 0.3) is 11.3 Å². The minimum atomic E-state index is -0.641. The second-order valence-electron chi connectivity index (χ2n) is 6.74. The van der Waals surface area contributed by atoms with E-state index < -0.39 is 12.2 Å². The molecular formula is C22H21ClN2O4. The van der Waals surface area contributed by atoms with Gasteiger partial charge in [-0.25, -0.2) is 4.79 Å². The van der Waals surface area contributed by atoms with Gasteiger partial charge < -0.3 is 9.26 Å². The van der Waals surface area contributed by atoms with Gasteiger partial charge in [0.2, 0.25) is 0 Å². The number of halogens is 1. The number of Topliss-reactive ketones (excluding diaryl/α,β-unsaturated/α-hetero) is 1. The Morgan fingerprint density at radius 1 is 1.17 bits per heavy atom. The molecule has 150 valence electrons. The first-order chi connectivity index (χ1) is 13.8. The van der Waals surface area contributed by atoms with Crippen molar-refractivity contribution in [3.63, 3.8) is 0 Å². The average Bonchev–Trinajstić information content (AvgIpc) is 3.02. The third-order valence-electron chi connectivity index (χ3n) is 4.39. The van der Waals surface area contributed by atoms with Crippen molar-refractivity contribution < 1.29 is 18.8 Å². The summed E-state index contributed by atoms with van der Waals surface area (Å²) in [6.07, 6.45) is -0.802. The van der Waals surface area contributed by atoms with Crippen LogP contribution in [0.15, 0.2) is 53.1 Å². The van der Waals surface area contributed by atoms with Crippen molar-refractivity contribution in [2.45, 2.75) is 33.3 Å². The zero-order chi connectivity index (χ0) is 21.0. The Balaban J connectivity index is 1.75. The number of ether oxygens (including phenoxy) is 1. The molecule has 0 saturated carbocycles. The third kappa shape index (κ3) is 5.03. The van der Waals surface area contributed by atoms with Crippen molar-refractivity contribution in [2.75, 3.05) is 5.32 Å². The van der Waals surface area contributed by atoms with Crippen LogP contribution in [0.5, 0.6) is 0 Å². The maximum atomic E-state index is 12.4. The number of benzene rings is 2. The largest absolute Gasteiger partial charge is 0.441 e. The number of nitrogens with zero attached hydrogens (tertiary/aromatic N) is 1. The van der Waals surface area contributed by atoms with Gasteiger partial charge >= 0.3 is 6.09 Å². The van der Waals surface area contributed by atoms with Crippen LogP contribution < -0.4 is 5.32 Å². The average molecular weight is 413 g/mol. The van der Waals surface area contributed by atoms with Gasteiger partial charge in [-0.1, -0.05) is 59.2 Å². The predicted octanol–water partition coefficient (Wildman–Crippen LogP) is 5.74. The first-order valence-electron chi connectivity index (χ1n) is 9.12. The van der Waals surface area contributed by atoms with E-state index in [1.54, 1.807) is 32.9 Å². The number of hydrogen-bond donors (Lipinski definition) is 1. The number of hydrogen-bond acceptors (Lipinski definition) is 5. The van der Waals surface area contributed by atoms with E-state index in [2.05, 4.69) is 10.5 Å². The van der Waals surface area contributed by atoms with Crippen molar-refractivity contribution in [2.24, 2.45) is 0 Å². The highest BCUT2D eigenvalue weighted by Crippen LogP contribution is 2.32. The van der Waals surface area contributed by atoms with E-state index in [-0.39, 0.29) is 5.78 Å². The van der Waals surface area contributed by atoms with Crippen molar-refractivity contribution in [3.8, 4) is 11.3 Å². The lowest BCUT2D eigenvalue weighted by Crippen LogP contribution is -2.17. The molecule has 0 aliphatic carbocycles. The van der Waals surface area contributed by atoms with Gasteiger partial charge in [0.15, 0.2) is 5.76 Å². The van der Waals surface area contributed by atoms with Crippen molar-refractivity contribution >= 4 is 29.2 Å². The number of aromatic nitrogens is 1. The van der Waals surface area contributed by atoms with Crippen LogP contribution in [0.4, 0.5) is 10.5 Å². The normalized spacial score (nSPS) is 11.7. The van der Waals surface area contributed by atoms with Crippen LogP contribution in [0, 0.1) is 6.92 Å². The Hall–Kier alpha value is -3.12. The molecule has 0 radical (unpaired) electrons. The summed E-state index contributed by atoms with van der Waals surface area (Å²) in [6.45, 7) is 5.02. The van der Waals surface area contributed by atoms with E-state index in [1.165, 1.54) is 0 Å². The van der Waals surface area contributed by atoms with Gasteiger partial charge in [0.05, 0.1) is 0 Å². The van der Waals surface area contributed by atoms with E-state index in [4.69, 9.17) is 20.9 Å². The van der Waals surface area contributed by atoms with Crippen molar-refractivity contribution in [1.29, 1.82) is 0 Å². The predicted molar refractivity (Wildman–Crippen MR) is 111 cm³/mol. The molecule has 0 aliphatic rings. The number of aryl methyl sites for hydroxylation is 1. The number of amides is 1. The molecule has 1 unspecified atom stereocenters. The summed E-state index contributed by atoms with van der Waals surface area (Å²) in [5.41, 5.74) is 3.30. The summed E-state index contributed by atoms with van der Waals surface area (Å²) in [5.74, 6) is 0.505. The van der Waals surface area contributed by atoms with Crippen LogP contribution in [-0.2, 0) is 16.0 Å². The Bertz CT molecular complexity index is 1030. The van der Waals surface area contributed by atoms with Crippen LogP contribution in [-0.4, -0.2) is 17.0 Å². The molecule has 0 aliphatic heterocycles. The molecule has 7 heteroatoms. The number of carbonyl (C=O) groups is 2. The van der Waals surface area contributed by atoms with Gasteiger partial charge in [-0.3, -0.25) is 10.1 Å². The Morgan fingerprint density at radius 3 is 2.52 bits per heavy atom. The van der Waals surface area contributed by atoms with Gasteiger partial charge in [0.1, 0.15) is 23.3 Å². The monoisotopic (exact) mass is 412 g/mol. The molecule has 1 amide bonds. The minimum Gasteiger partial charge on any atom is -0.441 e. The number of nitrogens with one attached hydrogen (secondary N) is 1. The fraction of sp³-hybridized carbons (Fsp3) is 0.227. The highest BCUT2D eigenvalue weighted by atomic mass is 35.5. The van der Waals surface area contributed by atoms with Gasteiger partial charge in [-0.2, -0.15) is 0 Å². The zero-order valence-corrected chi connectivity index (χ0v) is 17.1. The number of carbonyl (C=O) groups excluding carboxylic acids is 2. The molecule has 0 saturated heterocycles. The first kappa shape index (κ1) is 20.6. The van der Waals surface area contributed by atoms with Gasteiger partial charge in [-0.05, 0) is 32.4 Å². The van der Waals surface area contributed by atoms with E-state index in [9.17, 15) is 9.59 Å². The molecule has 1 N–H and O–H groups in total. The molecule has 29 heavy (non-hydrogen) atoms. The fourth-order valence-electron chi connectivity index (χ4n) is 2.94. The lowest BCUT2D eigenvalue weighted by atomic mass is 10.1. The second kappa shape index (κ2) is 8.92. The second-order valence-corrected chi connectivity index (χ2v) is 7.15. The van der Waals surface area contributed by atoms with Crippen molar-refractivity contribution in [1.82, 2.24) is 5.16 Å².